The van der Waals surface area contributed by atoms with Crippen LogP contribution in [0.5, 0.6) is 5.75 Å². The van der Waals surface area contributed by atoms with Gasteiger partial charge in [0.05, 0.1) is 12.8 Å². The third kappa shape index (κ3) is 3.38. The van der Waals surface area contributed by atoms with E-state index in [1.165, 1.54) is 11.1 Å². The minimum absolute atomic E-state index is 0.211. The Bertz CT molecular complexity index is 722. The van der Waals surface area contributed by atoms with E-state index < -0.39 is 0 Å². The Kier molecular flexibility index (Phi) is 4.87. The van der Waals surface area contributed by atoms with E-state index >= 15 is 0 Å². The van der Waals surface area contributed by atoms with Crippen LogP contribution < -0.4 is 10.1 Å². The highest BCUT2D eigenvalue weighted by atomic mass is 32.1. The van der Waals surface area contributed by atoms with E-state index in [9.17, 15) is 0 Å². The molecule has 0 aliphatic heterocycles. The molecule has 1 aromatic carbocycles. The van der Waals surface area contributed by atoms with Gasteiger partial charge in [0.15, 0.2) is 0 Å². The van der Waals surface area contributed by atoms with Gasteiger partial charge in [-0.05, 0) is 24.4 Å². The van der Waals surface area contributed by atoms with Gasteiger partial charge in [0, 0.05) is 34.5 Å². The second-order valence-electron chi connectivity index (χ2n) is 5.00. The first kappa shape index (κ1) is 15.2. The second kappa shape index (κ2) is 7.05. The van der Waals surface area contributed by atoms with Crippen LogP contribution in [0.3, 0.4) is 0 Å². The summed E-state index contributed by atoms with van der Waals surface area (Å²) in [7, 11) is 1.71. The average Bonchev–Trinajstić information content (AvgIpc) is 3.23. The summed E-state index contributed by atoms with van der Waals surface area (Å²) >= 11 is 3.39. The first-order valence-electron chi connectivity index (χ1n) is 7.11. The Balaban J connectivity index is 1.65. The first-order chi connectivity index (χ1) is 10.8. The van der Waals surface area contributed by atoms with E-state index in [2.05, 4.69) is 40.5 Å². The lowest BCUT2D eigenvalue weighted by atomic mass is 10.1. The number of para-hydroxylation sites is 1. The van der Waals surface area contributed by atoms with Crippen molar-refractivity contribution < 1.29 is 4.74 Å². The minimum atomic E-state index is 0.211. The number of aromatic nitrogens is 1. The van der Waals surface area contributed by atoms with E-state index in [-0.39, 0.29) is 6.04 Å². The minimum Gasteiger partial charge on any atom is -0.496 e. The SMILES string of the molecule is COc1ccccc1[C@@H](C)NCc1csc(-c2ccsc2)n1. The molecule has 1 atom stereocenters. The third-order valence-electron chi connectivity index (χ3n) is 3.51. The lowest BCUT2D eigenvalue weighted by Crippen LogP contribution is -2.18. The van der Waals surface area contributed by atoms with Gasteiger partial charge in [0.1, 0.15) is 10.8 Å². The molecule has 0 spiro atoms. The van der Waals surface area contributed by atoms with Gasteiger partial charge in [0.25, 0.3) is 0 Å². The van der Waals surface area contributed by atoms with Crippen molar-refractivity contribution in [2.75, 3.05) is 7.11 Å². The maximum atomic E-state index is 5.42. The first-order valence-corrected chi connectivity index (χ1v) is 8.93. The summed E-state index contributed by atoms with van der Waals surface area (Å²) in [6.07, 6.45) is 0. The van der Waals surface area contributed by atoms with Crippen LogP contribution in [0.4, 0.5) is 0 Å². The highest BCUT2D eigenvalue weighted by Crippen LogP contribution is 2.27. The molecule has 0 saturated carbocycles. The third-order valence-corrected chi connectivity index (χ3v) is 5.14. The van der Waals surface area contributed by atoms with Crippen LogP contribution in [0.15, 0.2) is 46.5 Å². The van der Waals surface area contributed by atoms with Crippen molar-refractivity contribution in [3.05, 3.63) is 57.7 Å². The molecule has 0 bridgehead atoms. The molecule has 22 heavy (non-hydrogen) atoms. The molecular formula is C17H18N2OS2. The van der Waals surface area contributed by atoms with Crippen LogP contribution in [0.2, 0.25) is 0 Å². The lowest BCUT2D eigenvalue weighted by Gasteiger charge is -2.16. The number of methoxy groups -OCH3 is 1. The van der Waals surface area contributed by atoms with Gasteiger partial charge in [-0.3, -0.25) is 0 Å². The van der Waals surface area contributed by atoms with E-state index in [4.69, 9.17) is 9.72 Å². The molecule has 3 nitrogen and oxygen atoms in total. The molecule has 0 radical (unpaired) electrons. The summed E-state index contributed by atoms with van der Waals surface area (Å²) in [5.74, 6) is 0.916. The van der Waals surface area contributed by atoms with Crippen molar-refractivity contribution >= 4 is 22.7 Å². The van der Waals surface area contributed by atoms with Crippen molar-refractivity contribution in [3.8, 4) is 16.3 Å². The fraction of sp³-hybridized carbons (Fsp3) is 0.235. The van der Waals surface area contributed by atoms with E-state index in [0.29, 0.717) is 0 Å². The average molecular weight is 330 g/mol. The normalized spacial score (nSPS) is 12.3. The highest BCUT2D eigenvalue weighted by Gasteiger charge is 2.11. The summed E-state index contributed by atoms with van der Waals surface area (Å²) in [4.78, 5) is 4.69. The molecule has 0 fully saturated rings. The number of nitrogens with zero attached hydrogens (tertiary/aromatic N) is 1. The summed E-state index contributed by atoms with van der Waals surface area (Å²) in [6.45, 7) is 2.89. The predicted molar refractivity (Wildman–Crippen MR) is 93.7 cm³/mol. The van der Waals surface area contributed by atoms with E-state index in [1.54, 1.807) is 29.8 Å². The van der Waals surface area contributed by atoms with Crippen LogP contribution in [0.1, 0.15) is 24.2 Å². The molecule has 0 amide bonds. The molecule has 3 rings (SSSR count). The summed E-state index contributed by atoms with van der Waals surface area (Å²) < 4.78 is 5.42. The monoisotopic (exact) mass is 330 g/mol. The number of nitrogens with one attached hydrogen (secondary N) is 1. The fourth-order valence-electron chi connectivity index (χ4n) is 2.30. The number of rotatable bonds is 6. The van der Waals surface area contributed by atoms with E-state index in [0.717, 1.165) is 23.0 Å². The van der Waals surface area contributed by atoms with Crippen LogP contribution in [-0.2, 0) is 6.54 Å². The molecule has 0 aliphatic rings. The van der Waals surface area contributed by atoms with E-state index in [1.807, 2.05) is 18.2 Å². The van der Waals surface area contributed by atoms with Gasteiger partial charge in [-0.15, -0.1) is 11.3 Å². The van der Waals surface area contributed by atoms with Crippen LogP contribution in [0.25, 0.3) is 10.6 Å². The molecular weight excluding hydrogens is 312 g/mol. The maximum Gasteiger partial charge on any atom is 0.124 e. The van der Waals surface area contributed by atoms with Crippen molar-refractivity contribution in [1.29, 1.82) is 0 Å². The van der Waals surface area contributed by atoms with Gasteiger partial charge < -0.3 is 10.1 Å². The van der Waals surface area contributed by atoms with Crippen LogP contribution in [0, 0.1) is 0 Å². The topological polar surface area (TPSA) is 34.1 Å². The van der Waals surface area contributed by atoms with Crippen LogP contribution >= 0.6 is 22.7 Å². The highest BCUT2D eigenvalue weighted by molar-refractivity contribution is 7.14. The molecule has 0 saturated heterocycles. The number of hydrogen-bond donors (Lipinski definition) is 1. The number of ether oxygens (including phenoxy) is 1. The molecule has 2 aromatic heterocycles. The number of benzene rings is 1. The van der Waals surface area contributed by atoms with Crippen molar-refractivity contribution in [1.82, 2.24) is 10.3 Å². The zero-order valence-electron chi connectivity index (χ0n) is 12.6. The molecule has 2 heterocycles. The Morgan fingerprint density at radius 3 is 2.86 bits per heavy atom. The second-order valence-corrected chi connectivity index (χ2v) is 6.64. The van der Waals surface area contributed by atoms with Crippen molar-refractivity contribution in [3.63, 3.8) is 0 Å². The molecule has 1 N–H and O–H groups in total. The Labute approximate surface area is 138 Å². The van der Waals surface area contributed by atoms with Gasteiger partial charge in [-0.25, -0.2) is 4.98 Å². The zero-order chi connectivity index (χ0) is 15.4. The Morgan fingerprint density at radius 2 is 2.09 bits per heavy atom. The molecule has 5 heteroatoms. The zero-order valence-corrected chi connectivity index (χ0v) is 14.2. The lowest BCUT2D eigenvalue weighted by molar-refractivity contribution is 0.401. The quantitative estimate of drug-likeness (QED) is 0.709. The summed E-state index contributed by atoms with van der Waals surface area (Å²) in [5, 5.41) is 10.9. The number of hydrogen-bond acceptors (Lipinski definition) is 5. The number of thiazole rings is 1. The molecule has 114 valence electrons. The van der Waals surface area contributed by atoms with Crippen molar-refractivity contribution in [2.45, 2.75) is 19.5 Å². The summed E-state index contributed by atoms with van der Waals surface area (Å²) in [6, 6.07) is 10.4. The smallest absolute Gasteiger partial charge is 0.124 e. The maximum absolute atomic E-state index is 5.42. The Morgan fingerprint density at radius 1 is 1.23 bits per heavy atom. The van der Waals surface area contributed by atoms with Crippen molar-refractivity contribution in [2.24, 2.45) is 0 Å². The molecule has 0 unspecified atom stereocenters. The number of thiophene rings is 1. The summed E-state index contributed by atoms with van der Waals surface area (Å²) in [5.41, 5.74) is 3.45. The molecule has 3 aromatic rings. The standard InChI is InChI=1S/C17H18N2OS2/c1-12(15-5-3-4-6-16(15)20-2)18-9-14-11-22-17(19-14)13-7-8-21-10-13/h3-8,10-12,18H,9H2,1-2H3/t12-/m1/s1. The largest absolute Gasteiger partial charge is 0.496 e. The predicted octanol–water partition coefficient (Wildman–Crippen LogP) is 4.73. The van der Waals surface area contributed by atoms with Crippen LogP contribution in [-0.4, -0.2) is 12.1 Å². The van der Waals surface area contributed by atoms with Gasteiger partial charge in [-0.2, -0.15) is 11.3 Å². The molecule has 0 aliphatic carbocycles. The fourth-order valence-corrected chi connectivity index (χ4v) is 3.83. The Hall–Kier alpha value is -1.69. The van der Waals surface area contributed by atoms with Gasteiger partial charge in [-0.1, -0.05) is 18.2 Å². The van der Waals surface area contributed by atoms with Gasteiger partial charge >= 0.3 is 0 Å². The van der Waals surface area contributed by atoms with Gasteiger partial charge in [0.2, 0.25) is 0 Å².